The Balaban J connectivity index is 0.000000164. The molecule has 6 heteroatoms. The monoisotopic (exact) mass is 338 g/mol. The zero-order valence-electron chi connectivity index (χ0n) is 12.0. The van der Waals surface area contributed by atoms with E-state index in [1.807, 2.05) is 0 Å². The Labute approximate surface area is 133 Å². The molecule has 0 saturated carbocycles. The predicted octanol–water partition coefficient (Wildman–Crippen LogP) is 2.75. The molecule has 0 bridgehead atoms. The molecule has 2 aromatic carbocycles. The number of phenols is 1. The van der Waals surface area contributed by atoms with Gasteiger partial charge in [-0.25, -0.2) is 8.42 Å². The molecule has 0 atom stereocenters. The first-order valence-corrected chi connectivity index (χ1v) is 9.91. The minimum Gasteiger partial charge on any atom is -0.744 e. The number of benzene rings is 2. The van der Waals surface area contributed by atoms with E-state index in [1.54, 1.807) is 18.2 Å². The molecule has 0 radical (unpaired) electrons. The molecule has 4 nitrogen and oxygen atoms in total. The van der Waals surface area contributed by atoms with Crippen molar-refractivity contribution in [3.63, 3.8) is 0 Å². The molecule has 0 spiro atoms. The summed E-state index contributed by atoms with van der Waals surface area (Å²) in [6.45, 7) is 0. The van der Waals surface area contributed by atoms with E-state index in [2.05, 4.69) is 12.1 Å². The third kappa shape index (κ3) is 5.05. The van der Waals surface area contributed by atoms with Gasteiger partial charge in [-0.15, -0.1) is 0 Å². The first-order chi connectivity index (χ1) is 10.5. The quantitative estimate of drug-likeness (QED) is 0.675. The Morgan fingerprint density at radius 3 is 1.91 bits per heavy atom. The number of phenolic OH excluding ortho intramolecular Hbond substituents is 1. The van der Waals surface area contributed by atoms with E-state index in [-0.39, 0.29) is 4.90 Å². The van der Waals surface area contributed by atoms with Crippen LogP contribution in [0.2, 0.25) is 0 Å². The topological polar surface area (TPSA) is 77.4 Å². The lowest BCUT2D eigenvalue weighted by Gasteiger charge is -2.04. The Morgan fingerprint density at radius 2 is 1.45 bits per heavy atom. The molecule has 0 unspecified atom stereocenters. The molecule has 1 aliphatic heterocycles. The van der Waals surface area contributed by atoms with Gasteiger partial charge in [0.25, 0.3) is 0 Å². The molecule has 1 heterocycles. The maximum absolute atomic E-state index is 10.3. The Bertz CT molecular complexity index is 676. The highest BCUT2D eigenvalue weighted by Crippen LogP contribution is 2.24. The summed E-state index contributed by atoms with van der Waals surface area (Å²) in [5, 5.41) is 9.10. The Kier molecular flexibility index (Phi) is 5.88. The molecule has 1 saturated heterocycles. The van der Waals surface area contributed by atoms with Crippen molar-refractivity contribution in [3.05, 3.63) is 54.6 Å². The van der Waals surface area contributed by atoms with E-state index in [4.69, 9.17) is 5.11 Å². The fourth-order valence-electron chi connectivity index (χ4n) is 2.12. The lowest BCUT2D eigenvalue weighted by Crippen LogP contribution is -2.02. The van der Waals surface area contributed by atoms with Crippen LogP contribution in [0.1, 0.15) is 12.8 Å². The van der Waals surface area contributed by atoms with Gasteiger partial charge < -0.3 is 9.66 Å². The van der Waals surface area contributed by atoms with Crippen molar-refractivity contribution >= 4 is 21.0 Å². The van der Waals surface area contributed by atoms with Crippen molar-refractivity contribution in [1.82, 2.24) is 0 Å². The van der Waals surface area contributed by atoms with Gasteiger partial charge in [0.1, 0.15) is 27.4 Å². The van der Waals surface area contributed by atoms with Crippen LogP contribution in [0.4, 0.5) is 0 Å². The van der Waals surface area contributed by atoms with Crippen molar-refractivity contribution in [1.29, 1.82) is 0 Å². The second-order valence-electron chi connectivity index (χ2n) is 4.87. The molecular weight excluding hydrogens is 320 g/mol. The van der Waals surface area contributed by atoms with Crippen LogP contribution in [0.5, 0.6) is 5.75 Å². The van der Waals surface area contributed by atoms with Crippen molar-refractivity contribution in [2.45, 2.75) is 22.6 Å². The number of hydrogen-bond acceptors (Lipinski definition) is 4. The molecule has 1 aliphatic rings. The lowest BCUT2D eigenvalue weighted by molar-refractivity contribution is 0.463. The van der Waals surface area contributed by atoms with Gasteiger partial charge in [-0.2, -0.15) is 0 Å². The third-order valence-corrected chi connectivity index (χ3v) is 6.58. The molecule has 1 fully saturated rings. The number of rotatable bonds is 2. The molecule has 22 heavy (non-hydrogen) atoms. The summed E-state index contributed by atoms with van der Waals surface area (Å²) in [6, 6.07) is 14.9. The average Bonchev–Trinajstić information content (AvgIpc) is 3.03. The van der Waals surface area contributed by atoms with E-state index in [9.17, 15) is 13.0 Å². The average molecular weight is 338 g/mol. The molecule has 1 N–H and O–H groups in total. The minimum atomic E-state index is -4.25. The second kappa shape index (κ2) is 7.67. The highest BCUT2D eigenvalue weighted by molar-refractivity contribution is 7.97. The lowest BCUT2D eigenvalue weighted by atomic mass is 10.3. The zero-order chi connectivity index (χ0) is 16.0. The molecule has 118 valence electrons. The fraction of sp³-hybridized carbons (Fsp3) is 0.250. The maximum Gasteiger partial charge on any atom is 0.155 e. The van der Waals surface area contributed by atoms with Gasteiger partial charge in [0.2, 0.25) is 0 Å². The molecule has 2 aromatic rings. The van der Waals surface area contributed by atoms with Crippen LogP contribution in [-0.4, -0.2) is 29.6 Å². The van der Waals surface area contributed by atoms with Crippen molar-refractivity contribution in [2.75, 3.05) is 11.5 Å². The van der Waals surface area contributed by atoms with Crippen LogP contribution < -0.4 is 0 Å². The number of hydrogen-bond donors (Lipinski definition) is 1. The van der Waals surface area contributed by atoms with Crippen molar-refractivity contribution in [2.24, 2.45) is 0 Å². The third-order valence-electron chi connectivity index (χ3n) is 3.23. The van der Waals surface area contributed by atoms with Crippen molar-refractivity contribution in [3.8, 4) is 5.75 Å². The summed E-state index contributed by atoms with van der Waals surface area (Å²) in [7, 11) is -3.76. The van der Waals surface area contributed by atoms with Crippen LogP contribution in [0.3, 0.4) is 0 Å². The van der Waals surface area contributed by atoms with E-state index >= 15 is 0 Å². The smallest absolute Gasteiger partial charge is 0.155 e. The first kappa shape index (κ1) is 16.9. The summed E-state index contributed by atoms with van der Waals surface area (Å²) >= 11 is 0. The standard InChI is InChI=1S/C10H12OS.C6H6O3S/c11-9-3-5-10(6-4-9)12-7-1-2-8-12;7-10(8,9)6-4-2-1-3-5-6/h3-6H,1-2,7-8H2;1-5H,(H,7,8,9). The molecule has 0 amide bonds. The summed E-state index contributed by atoms with van der Waals surface area (Å²) in [4.78, 5) is 1.24. The van der Waals surface area contributed by atoms with Crippen LogP contribution >= 0.6 is 0 Å². The summed E-state index contributed by atoms with van der Waals surface area (Å²) < 4.78 is 30.8. The highest BCUT2D eigenvalue weighted by Gasteiger charge is 2.26. The van der Waals surface area contributed by atoms with E-state index < -0.39 is 10.1 Å². The van der Waals surface area contributed by atoms with Gasteiger partial charge in [0, 0.05) is 10.9 Å². The first-order valence-electron chi connectivity index (χ1n) is 6.94. The van der Waals surface area contributed by atoms with Gasteiger partial charge in [0.15, 0.2) is 4.90 Å². The van der Waals surface area contributed by atoms with E-state index in [0.29, 0.717) is 16.6 Å². The van der Waals surface area contributed by atoms with Gasteiger partial charge in [-0.3, -0.25) is 0 Å². The van der Waals surface area contributed by atoms with Crippen LogP contribution in [0.25, 0.3) is 0 Å². The SMILES string of the molecule is O=S(=O)([O-])c1ccccc1.Oc1ccc([S+]2CCCC2)cc1. The predicted molar refractivity (Wildman–Crippen MR) is 87.1 cm³/mol. The zero-order valence-corrected chi connectivity index (χ0v) is 13.6. The highest BCUT2D eigenvalue weighted by atomic mass is 32.2. The Hall–Kier alpha value is -1.50. The van der Waals surface area contributed by atoms with Gasteiger partial charge in [-0.1, -0.05) is 18.2 Å². The van der Waals surface area contributed by atoms with Crippen LogP contribution in [0.15, 0.2) is 64.4 Å². The molecule has 0 aliphatic carbocycles. The van der Waals surface area contributed by atoms with Gasteiger partial charge in [0.05, 0.1) is 4.90 Å². The van der Waals surface area contributed by atoms with Crippen LogP contribution in [0, 0.1) is 0 Å². The van der Waals surface area contributed by atoms with Gasteiger partial charge >= 0.3 is 0 Å². The van der Waals surface area contributed by atoms with Crippen LogP contribution in [-0.2, 0) is 21.0 Å². The fourth-order valence-corrected chi connectivity index (χ4v) is 4.91. The number of aromatic hydroxyl groups is 1. The molecule has 3 rings (SSSR count). The van der Waals surface area contributed by atoms with Crippen molar-refractivity contribution < 1.29 is 18.1 Å². The summed E-state index contributed by atoms with van der Waals surface area (Å²) in [5.41, 5.74) is 0. The van der Waals surface area contributed by atoms with E-state index in [0.717, 1.165) is 0 Å². The maximum atomic E-state index is 10.3. The van der Waals surface area contributed by atoms with E-state index in [1.165, 1.54) is 53.5 Å². The summed E-state index contributed by atoms with van der Waals surface area (Å²) in [6.07, 6.45) is 2.76. The normalized spacial score (nSPS) is 15.1. The molecular formula is C16H18O4S2. The minimum absolute atomic E-state index is 0.185. The summed E-state index contributed by atoms with van der Waals surface area (Å²) in [5.74, 6) is 3.08. The largest absolute Gasteiger partial charge is 0.744 e. The van der Waals surface area contributed by atoms with Gasteiger partial charge in [-0.05, 0) is 49.2 Å². The molecule has 0 aromatic heterocycles. The Morgan fingerprint density at radius 1 is 0.909 bits per heavy atom. The second-order valence-corrected chi connectivity index (χ2v) is 8.52.